The first-order valence-electron chi connectivity index (χ1n) is 8.76. The first-order chi connectivity index (χ1) is 12.0. The lowest BCUT2D eigenvalue weighted by Crippen LogP contribution is -2.28. The minimum Gasteiger partial charge on any atom is -0.326 e. The molecule has 4 heteroatoms. The normalized spacial score (nSPS) is 17.0. The summed E-state index contributed by atoms with van der Waals surface area (Å²) < 4.78 is 0. The molecule has 0 spiro atoms. The van der Waals surface area contributed by atoms with Gasteiger partial charge >= 0.3 is 0 Å². The van der Waals surface area contributed by atoms with Crippen LogP contribution in [0, 0.1) is 19.8 Å². The average Bonchev–Trinajstić information content (AvgIpc) is 2.99. The molecule has 0 saturated carbocycles. The highest BCUT2D eigenvalue weighted by atomic mass is 16.2. The van der Waals surface area contributed by atoms with Crippen molar-refractivity contribution in [1.29, 1.82) is 0 Å². The Morgan fingerprint density at radius 2 is 1.96 bits per heavy atom. The SMILES string of the molecule is CCc1ccccc1NC(=O)[C@H]1CC(=O)N(c2cc(C)ccc2C)C1. The second-order valence-electron chi connectivity index (χ2n) is 6.70. The third kappa shape index (κ3) is 3.58. The quantitative estimate of drug-likeness (QED) is 0.922. The molecule has 2 amide bonds. The lowest BCUT2D eigenvalue weighted by Gasteiger charge is -2.20. The van der Waals surface area contributed by atoms with Gasteiger partial charge in [-0.05, 0) is 49.1 Å². The van der Waals surface area contributed by atoms with Crippen LogP contribution >= 0.6 is 0 Å². The van der Waals surface area contributed by atoms with Gasteiger partial charge in [0.1, 0.15) is 0 Å². The van der Waals surface area contributed by atoms with E-state index in [1.165, 1.54) is 0 Å². The van der Waals surface area contributed by atoms with Crippen LogP contribution in [0.1, 0.15) is 30.0 Å². The van der Waals surface area contributed by atoms with Crippen LogP contribution in [0.15, 0.2) is 42.5 Å². The second kappa shape index (κ2) is 7.09. The summed E-state index contributed by atoms with van der Waals surface area (Å²) in [4.78, 5) is 26.9. The zero-order valence-corrected chi connectivity index (χ0v) is 15.0. The van der Waals surface area contributed by atoms with E-state index in [2.05, 4.69) is 12.2 Å². The molecular weight excluding hydrogens is 312 g/mol. The van der Waals surface area contributed by atoms with Crippen molar-refractivity contribution < 1.29 is 9.59 Å². The molecule has 1 N–H and O–H groups in total. The first-order valence-corrected chi connectivity index (χ1v) is 8.76. The Kier molecular flexibility index (Phi) is 4.88. The summed E-state index contributed by atoms with van der Waals surface area (Å²) in [5.41, 5.74) is 5.02. The predicted molar refractivity (Wildman–Crippen MR) is 101 cm³/mol. The van der Waals surface area contributed by atoms with Crippen molar-refractivity contribution in [2.75, 3.05) is 16.8 Å². The Hall–Kier alpha value is -2.62. The lowest BCUT2D eigenvalue weighted by atomic mass is 10.1. The summed E-state index contributed by atoms with van der Waals surface area (Å²) in [6.45, 7) is 6.50. The van der Waals surface area contributed by atoms with Crippen molar-refractivity contribution in [2.24, 2.45) is 5.92 Å². The fourth-order valence-electron chi connectivity index (χ4n) is 3.31. The topological polar surface area (TPSA) is 49.4 Å². The molecule has 1 fully saturated rings. The fourth-order valence-corrected chi connectivity index (χ4v) is 3.31. The summed E-state index contributed by atoms with van der Waals surface area (Å²) in [5.74, 6) is -0.392. The van der Waals surface area contributed by atoms with Crippen LogP contribution in [0.5, 0.6) is 0 Å². The molecule has 1 saturated heterocycles. The molecule has 1 aliphatic rings. The van der Waals surface area contributed by atoms with Gasteiger partial charge in [-0.1, -0.05) is 37.3 Å². The van der Waals surface area contributed by atoms with E-state index in [0.717, 1.165) is 34.5 Å². The van der Waals surface area contributed by atoms with Crippen LogP contribution in [0.2, 0.25) is 0 Å². The van der Waals surface area contributed by atoms with Crippen molar-refractivity contribution >= 4 is 23.2 Å². The first kappa shape index (κ1) is 17.2. The molecule has 0 bridgehead atoms. The average molecular weight is 336 g/mol. The molecule has 0 radical (unpaired) electrons. The molecule has 2 aromatic carbocycles. The molecule has 130 valence electrons. The maximum Gasteiger partial charge on any atom is 0.229 e. The van der Waals surface area contributed by atoms with E-state index < -0.39 is 0 Å². The van der Waals surface area contributed by atoms with Gasteiger partial charge in [0.05, 0.1) is 5.92 Å². The van der Waals surface area contributed by atoms with Gasteiger partial charge in [0, 0.05) is 24.3 Å². The van der Waals surface area contributed by atoms with E-state index in [1.54, 1.807) is 4.90 Å². The highest BCUT2D eigenvalue weighted by Crippen LogP contribution is 2.29. The molecule has 25 heavy (non-hydrogen) atoms. The molecule has 1 heterocycles. The summed E-state index contributed by atoms with van der Waals surface area (Å²) in [5, 5.41) is 3.00. The Labute approximate surface area is 148 Å². The highest BCUT2D eigenvalue weighted by Gasteiger charge is 2.35. The van der Waals surface area contributed by atoms with Crippen LogP contribution in [-0.2, 0) is 16.0 Å². The van der Waals surface area contributed by atoms with Gasteiger partial charge in [0.2, 0.25) is 11.8 Å². The van der Waals surface area contributed by atoms with Gasteiger partial charge < -0.3 is 10.2 Å². The molecule has 0 unspecified atom stereocenters. The van der Waals surface area contributed by atoms with Gasteiger partial charge in [0.25, 0.3) is 0 Å². The van der Waals surface area contributed by atoms with E-state index in [-0.39, 0.29) is 24.2 Å². The van der Waals surface area contributed by atoms with Crippen LogP contribution in [0.3, 0.4) is 0 Å². The minimum atomic E-state index is -0.322. The number of carbonyl (C=O) groups is 2. The number of carbonyl (C=O) groups excluding carboxylic acids is 2. The highest BCUT2D eigenvalue weighted by molar-refractivity contribution is 6.04. The van der Waals surface area contributed by atoms with Gasteiger partial charge in [-0.25, -0.2) is 0 Å². The van der Waals surface area contributed by atoms with Crippen LogP contribution in [0.4, 0.5) is 11.4 Å². The molecule has 1 atom stereocenters. The van der Waals surface area contributed by atoms with Crippen molar-refractivity contribution in [3.8, 4) is 0 Å². The second-order valence-corrected chi connectivity index (χ2v) is 6.70. The van der Waals surface area contributed by atoms with E-state index in [4.69, 9.17) is 0 Å². The summed E-state index contributed by atoms with van der Waals surface area (Å²) in [6, 6.07) is 13.9. The number of nitrogens with one attached hydrogen (secondary N) is 1. The zero-order valence-electron chi connectivity index (χ0n) is 15.0. The molecule has 3 rings (SSSR count). The van der Waals surface area contributed by atoms with Crippen LogP contribution in [0.25, 0.3) is 0 Å². The monoisotopic (exact) mass is 336 g/mol. The summed E-state index contributed by atoms with van der Waals surface area (Å²) in [6.07, 6.45) is 1.11. The maximum atomic E-state index is 12.7. The van der Waals surface area contributed by atoms with E-state index in [9.17, 15) is 9.59 Å². The van der Waals surface area contributed by atoms with E-state index in [1.807, 2.05) is 56.3 Å². The predicted octanol–water partition coefficient (Wildman–Crippen LogP) is 3.86. The number of hydrogen-bond donors (Lipinski definition) is 1. The lowest BCUT2D eigenvalue weighted by molar-refractivity contribution is -0.122. The van der Waals surface area contributed by atoms with Gasteiger partial charge in [-0.3, -0.25) is 9.59 Å². The zero-order chi connectivity index (χ0) is 18.0. The Morgan fingerprint density at radius 1 is 1.20 bits per heavy atom. The number of hydrogen-bond acceptors (Lipinski definition) is 2. The Bertz CT molecular complexity index is 813. The van der Waals surface area contributed by atoms with E-state index >= 15 is 0 Å². The molecule has 0 aliphatic carbocycles. The number of anilines is 2. The van der Waals surface area contributed by atoms with Gasteiger partial charge in [0.15, 0.2) is 0 Å². The van der Waals surface area contributed by atoms with E-state index in [0.29, 0.717) is 6.54 Å². The molecule has 4 nitrogen and oxygen atoms in total. The number of nitrogens with zero attached hydrogens (tertiary/aromatic N) is 1. The molecule has 1 aliphatic heterocycles. The number of aryl methyl sites for hydroxylation is 3. The number of para-hydroxylation sites is 1. The van der Waals surface area contributed by atoms with Crippen molar-refractivity contribution in [3.05, 3.63) is 59.2 Å². The van der Waals surface area contributed by atoms with Gasteiger partial charge in [-0.15, -0.1) is 0 Å². The number of benzene rings is 2. The Balaban J connectivity index is 1.76. The number of amides is 2. The fraction of sp³-hybridized carbons (Fsp3) is 0.333. The van der Waals surface area contributed by atoms with Crippen molar-refractivity contribution in [2.45, 2.75) is 33.6 Å². The minimum absolute atomic E-state index is 0.0117. The van der Waals surface area contributed by atoms with Crippen molar-refractivity contribution in [3.63, 3.8) is 0 Å². The maximum absolute atomic E-state index is 12.7. The third-order valence-electron chi connectivity index (χ3n) is 4.81. The van der Waals surface area contributed by atoms with Crippen LogP contribution in [-0.4, -0.2) is 18.4 Å². The largest absolute Gasteiger partial charge is 0.326 e. The molecular formula is C21H24N2O2. The van der Waals surface area contributed by atoms with Crippen molar-refractivity contribution in [1.82, 2.24) is 0 Å². The van der Waals surface area contributed by atoms with Gasteiger partial charge in [-0.2, -0.15) is 0 Å². The Morgan fingerprint density at radius 3 is 2.72 bits per heavy atom. The molecule has 0 aromatic heterocycles. The molecule has 2 aromatic rings. The third-order valence-corrected chi connectivity index (χ3v) is 4.81. The number of rotatable bonds is 4. The standard InChI is InChI=1S/C21H24N2O2/c1-4-16-7-5-6-8-18(16)22-21(25)17-12-20(24)23(13-17)19-11-14(2)9-10-15(19)3/h5-11,17H,4,12-13H2,1-3H3,(H,22,25)/t17-/m0/s1. The smallest absolute Gasteiger partial charge is 0.229 e. The van der Waals surface area contributed by atoms with Crippen LogP contribution < -0.4 is 10.2 Å². The summed E-state index contributed by atoms with van der Waals surface area (Å²) in [7, 11) is 0. The summed E-state index contributed by atoms with van der Waals surface area (Å²) >= 11 is 0.